The van der Waals surface area contributed by atoms with Gasteiger partial charge in [-0.2, -0.15) is 0 Å². The van der Waals surface area contributed by atoms with Crippen LogP contribution in [-0.4, -0.2) is 14.2 Å². The standard InChI is InChI=1S/C16H18FNO2/c1-11(16-14(17)8-5-9-15(16)20-3)18-12-6-4-7-13(10-12)19-2/h4-11,18H,1-3H3. The highest BCUT2D eigenvalue weighted by atomic mass is 19.1. The lowest BCUT2D eigenvalue weighted by atomic mass is 10.1. The van der Waals surface area contributed by atoms with E-state index in [4.69, 9.17) is 9.47 Å². The monoisotopic (exact) mass is 275 g/mol. The summed E-state index contributed by atoms with van der Waals surface area (Å²) in [6.07, 6.45) is 0. The first-order valence-electron chi connectivity index (χ1n) is 6.38. The average molecular weight is 275 g/mol. The largest absolute Gasteiger partial charge is 0.497 e. The number of anilines is 1. The van der Waals surface area contributed by atoms with Crippen molar-refractivity contribution in [3.63, 3.8) is 0 Å². The Kier molecular flexibility index (Phi) is 4.45. The van der Waals surface area contributed by atoms with Gasteiger partial charge in [0.05, 0.1) is 25.8 Å². The van der Waals surface area contributed by atoms with Gasteiger partial charge in [0, 0.05) is 11.8 Å². The van der Waals surface area contributed by atoms with Gasteiger partial charge in [-0.25, -0.2) is 4.39 Å². The minimum absolute atomic E-state index is 0.224. The van der Waals surface area contributed by atoms with E-state index in [0.717, 1.165) is 11.4 Å². The van der Waals surface area contributed by atoms with E-state index in [9.17, 15) is 4.39 Å². The van der Waals surface area contributed by atoms with Gasteiger partial charge in [0.25, 0.3) is 0 Å². The first-order valence-corrected chi connectivity index (χ1v) is 6.38. The molecule has 20 heavy (non-hydrogen) atoms. The fourth-order valence-corrected chi connectivity index (χ4v) is 2.15. The molecule has 0 bridgehead atoms. The van der Waals surface area contributed by atoms with E-state index in [2.05, 4.69) is 5.32 Å². The minimum Gasteiger partial charge on any atom is -0.497 e. The Morgan fingerprint density at radius 1 is 1.05 bits per heavy atom. The van der Waals surface area contributed by atoms with Crippen molar-refractivity contribution >= 4 is 5.69 Å². The van der Waals surface area contributed by atoms with Crippen molar-refractivity contribution in [1.29, 1.82) is 0 Å². The van der Waals surface area contributed by atoms with Gasteiger partial charge in [-0.3, -0.25) is 0 Å². The number of halogens is 1. The van der Waals surface area contributed by atoms with E-state index in [0.29, 0.717) is 11.3 Å². The molecule has 0 radical (unpaired) electrons. The van der Waals surface area contributed by atoms with Crippen LogP contribution in [0, 0.1) is 5.82 Å². The Bertz CT molecular complexity index is 586. The molecule has 0 fully saturated rings. The number of methoxy groups -OCH3 is 2. The van der Waals surface area contributed by atoms with Crippen LogP contribution < -0.4 is 14.8 Å². The van der Waals surface area contributed by atoms with Crippen LogP contribution in [0.25, 0.3) is 0 Å². The van der Waals surface area contributed by atoms with Gasteiger partial charge in [0.15, 0.2) is 0 Å². The van der Waals surface area contributed by atoms with Crippen molar-refractivity contribution in [2.24, 2.45) is 0 Å². The van der Waals surface area contributed by atoms with Crippen LogP contribution in [-0.2, 0) is 0 Å². The molecule has 3 nitrogen and oxygen atoms in total. The SMILES string of the molecule is COc1cccc(NC(C)c2c(F)cccc2OC)c1. The summed E-state index contributed by atoms with van der Waals surface area (Å²) in [7, 11) is 3.15. The van der Waals surface area contributed by atoms with Gasteiger partial charge < -0.3 is 14.8 Å². The zero-order valence-electron chi connectivity index (χ0n) is 11.8. The van der Waals surface area contributed by atoms with Crippen molar-refractivity contribution < 1.29 is 13.9 Å². The molecule has 0 heterocycles. The Balaban J connectivity index is 2.25. The number of rotatable bonds is 5. The molecule has 0 aliphatic heterocycles. The molecule has 1 unspecified atom stereocenters. The Labute approximate surface area is 118 Å². The molecule has 2 aromatic carbocycles. The lowest BCUT2D eigenvalue weighted by Crippen LogP contribution is -2.10. The summed E-state index contributed by atoms with van der Waals surface area (Å²) in [5.41, 5.74) is 1.37. The second kappa shape index (κ2) is 6.28. The molecule has 0 saturated heterocycles. The van der Waals surface area contributed by atoms with Crippen molar-refractivity contribution in [3.05, 3.63) is 53.8 Å². The van der Waals surface area contributed by atoms with Crippen LogP contribution in [0.1, 0.15) is 18.5 Å². The van der Waals surface area contributed by atoms with Crippen molar-refractivity contribution in [2.45, 2.75) is 13.0 Å². The smallest absolute Gasteiger partial charge is 0.132 e. The maximum absolute atomic E-state index is 14.0. The summed E-state index contributed by atoms with van der Waals surface area (Å²) in [6, 6.07) is 12.1. The normalized spacial score (nSPS) is 11.8. The molecule has 1 atom stereocenters. The highest BCUT2D eigenvalue weighted by molar-refractivity contribution is 5.51. The summed E-state index contributed by atoms with van der Waals surface area (Å²) in [5.74, 6) is 1.00. The summed E-state index contributed by atoms with van der Waals surface area (Å²) < 4.78 is 24.4. The maximum Gasteiger partial charge on any atom is 0.132 e. The van der Waals surface area contributed by atoms with E-state index >= 15 is 0 Å². The molecule has 0 saturated carbocycles. The van der Waals surface area contributed by atoms with Crippen LogP contribution in [0.3, 0.4) is 0 Å². The third-order valence-corrected chi connectivity index (χ3v) is 3.12. The lowest BCUT2D eigenvalue weighted by molar-refractivity contribution is 0.402. The van der Waals surface area contributed by atoms with E-state index < -0.39 is 0 Å². The van der Waals surface area contributed by atoms with Gasteiger partial charge in [-0.05, 0) is 31.2 Å². The third-order valence-electron chi connectivity index (χ3n) is 3.12. The van der Waals surface area contributed by atoms with Crippen LogP contribution in [0.4, 0.5) is 10.1 Å². The molecule has 2 rings (SSSR count). The molecule has 2 aromatic rings. The van der Waals surface area contributed by atoms with Crippen LogP contribution in [0.2, 0.25) is 0 Å². The molecular formula is C16H18FNO2. The number of nitrogens with one attached hydrogen (secondary N) is 1. The van der Waals surface area contributed by atoms with E-state index in [-0.39, 0.29) is 11.9 Å². The first-order chi connectivity index (χ1) is 9.65. The Morgan fingerprint density at radius 2 is 1.80 bits per heavy atom. The number of benzene rings is 2. The zero-order valence-corrected chi connectivity index (χ0v) is 11.8. The van der Waals surface area contributed by atoms with Crippen LogP contribution in [0.5, 0.6) is 11.5 Å². The van der Waals surface area contributed by atoms with Crippen LogP contribution in [0.15, 0.2) is 42.5 Å². The molecule has 1 N–H and O–H groups in total. The first kappa shape index (κ1) is 14.2. The predicted molar refractivity (Wildman–Crippen MR) is 78.0 cm³/mol. The molecule has 0 aliphatic rings. The summed E-state index contributed by atoms with van der Waals surface area (Å²) in [6.45, 7) is 1.89. The van der Waals surface area contributed by atoms with Crippen molar-refractivity contribution in [3.8, 4) is 11.5 Å². The van der Waals surface area contributed by atoms with Gasteiger partial charge in [0.1, 0.15) is 17.3 Å². The second-order valence-electron chi connectivity index (χ2n) is 4.45. The topological polar surface area (TPSA) is 30.5 Å². The van der Waals surface area contributed by atoms with Gasteiger partial charge in [0.2, 0.25) is 0 Å². The number of hydrogen-bond donors (Lipinski definition) is 1. The molecule has 0 aliphatic carbocycles. The number of hydrogen-bond acceptors (Lipinski definition) is 3. The van der Waals surface area contributed by atoms with Crippen LogP contribution >= 0.6 is 0 Å². The fraction of sp³-hybridized carbons (Fsp3) is 0.250. The summed E-state index contributed by atoms with van der Waals surface area (Å²) in [4.78, 5) is 0. The quantitative estimate of drug-likeness (QED) is 0.894. The second-order valence-corrected chi connectivity index (χ2v) is 4.45. The molecule has 4 heteroatoms. The van der Waals surface area contributed by atoms with Gasteiger partial charge >= 0.3 is 0 Å². The summed E-state index contributed by atoms with van der Waals surface area (Å²) >= 11 is 0. The molecule has 0 aromatic heterocycles. The van der Waals surface area contributed by atoms with Crippen molar-refractivity contribution in [2.75, 3.05) is 19.5 Å². The van der Waals surface area contributed by atoms with Gasteiger partial charge in [-0.15, -0.1) is 0 Å². The number of ether oxygens (including phenoxy) is 2. The Hall–Kier alpha value is -2.23. The lowest BCUT2D eigenvalue weighted by Gasteiger charge is -2.19. The van der Waals surface area contributed by atoms with E-state index in [1.165, 1.54) is 13.2 Å². The molecular weight excluding hydrogens is 257 g/mol. The fourth-order valence-electron chi connectivity index (χ4n) is 2.15. The molecule has 0 spiro atoms. The molecule has 0 amide bonds. The summed E-state index contributed by atoms with van der Waals surface area (Å²) in [5, 5.41) is 3.25. The van der Waals surface area contributed by atoms with E-state index in [1.54, 1.807) is 19.2 Å². The zero-order chi connectivity index (χ0) is 14.5. The molecule has 106 valence electrons. The Morgan fingerprint density at radius 3 is 2.50 bits per heavy atom. The minimum atomic E-state index is -0.285. The predicted octanol–water partition coefficient (Wildman–Crippen LogP) is 4.02. The average Bonchev–Trinajstić information content (AvgIpc) is 2.46. The highest BCUT2D eigenvalue weighted by Gasteiger charge is 2.16. The van der Waals surface area contributed by atoms with Crippen molar-refractivity contribution in [1.82, 2.24) is 0 Å². The highest BCUT2D eigenvalue weighted by Crippen LogP contribution is 2.30. The van der Waals surface area contributed by atoms with E-state index in [1.807, 2.05) is 31.2 Å². The maximum atomic E-state index is 14.0. The third kappa shape index (κ3) is 3.02. The van der Waals surface area contributed by atoms with Gasteiger partial charge in [-0.1, -0.05) is 12.1 Å².